The summed E-state index contributed by atoms with van der Waals surface area (Å²) in [6.07, 6.45) is 2.24. The van der Waals surface area contributed by atoms with Crippen LogP contribution >= 0.6 is 0 Å². The van der Waals surface area contributed by atoms with Crippen LogP contribution < -0.4 is 0 Å². The summed E-state index contributed by atoms with van der Waals surface area (Å²) in [6.45, 7) is 3.01. The van der Waals surface area contributed by atoms with Crippen molar-refractivity contribution >= 4 is 11.0 Å². The molecule has 3 aromatic rings. The van der Waals surface area contributed by atoms with E-state index in [9.17, 15) is 4.39 Å². The second-order valence-corrected chi connectivity index (χ2v) is 6.68. The minimum atomic E-state index is -0.155. The molecule has 24 heavy (non-hydrogen) atoms. The third-order valence-electron chi connectivity index (χ3n) is 5.17. The number of benzene rings is 2. The molecule has 1 aromatic heterocycles. The molecule has 0 saturated carbocycles. The van der Waals surface area contributed by atoms with E-state index in [0.29, 0.717) is 5.92 Å². The Morgan fingerprint density at radius 2 is 1.75 bits per heavy atom. The van der Waals surface area contributed by atoms with E-state index in [1.54, 1.807) is 12.1 Å². The van der Waals surface area contributed by atoms with Crippen LogP contribution in [0, 0.1) is 5.82 Å². The van der Waals surface area contributed by atoms with E-state index < -0.39 is 0 Å². The highest BCUT2D eigenvalue weighted by molar-refractivity contribution is 5.75. The Morgan fingerprint density at radius 1 is 1.04 bits per heavy atom. The molecule has 0 atom stereocenters. The largest absolute Gasteiger partial charge is 0.330 e. The lowest BCUT2D eigenvalue weighted by Gasteiger charge is -2.31. The normalized spacial score (nSPS) is 16.8. The lowest BCUT2D eigenvalue weighted by molar-refractivity contribution is 0.199. The zero-order valence-corrected chi connectivity index (χ0v) is 14.0. The number of hydrogen-bond acceptors (Lipinski definition) is 2. The van der Waals surface area contributed by atoms with E-state index >= 15 is 0 Å². The number of aryl methyl sites for hydroxylation is 1. The van der Waals surface area contributed by atoms with Crippen LogP contribution in [0.15, 0.2) is 48.5 Å². The van der Waals surface area contributed by atoms with Crippen molar-refractivity contribution in [2.75, 3.05) is 13.1 Å². The summed E-state index contributed by atoms with van der Waals surface area (Å²) in [6, 6.07) is 15.3. The fourth-order valence-electron chi connectivity index (χ4n) is 3.70. The Balaban J connectivity index is 1.42. The van der Waals surface area contributed by atoms with Crippen molar-refractivity contribution in [3.63, 3.8) is 0 Å². The predicted octanol–water partition coefficient (Wildman–Crippen LogP) is 4.09. The smallest absolute Gasteiger partial charge is 0.123 e. The number of hydrogen-bond donors (Lipinski definition) is 0. The molecule has 0 unspecified atom stereocenters. The lowest BCUT2D eigenvalue weighted by atomic mass is 9.89. The predicted molar refractivity (Wildman–Crippen MR) is 94.4 cm³/mol. The van der Waals surface area contributed by atoms with E-state index in [-0.39, 0.29) is 5.82 Å². The Bertz CT molecular complexity index is 830. The van der Waals surface area contributed by atoms with Gasteiger partial charge in [0.15, 0.2) is 0 Å². The van der Waals surface area contributed by atoms with Gasteiger partial charge < -0.3 is 4.57 Å². The molecule has 0 bridgehead atoms. The molecule has 4 heteroatoms. The van der Waals surface area contributed by atoms with Crippen molar-refractivity contribution < 1.29 is 4.39 Å². The molecule has 124 valence electrons. The van der Waals surface area contributed by atoms with Crippen LogP contribution in [-0.4, -0.2) is 27.5 Å². The van der Waals surface area contributed by atoms with Gasteiger partial charge in [0.2, 0.25) is 0 Å². The van der Waals surface area contributed by atoms with Crippen molar-refractivity contribution in [3.05, 3.63) is 65.7 Å². The van der Waals surface area contributed by atoms with E-state index in [1.807, 2.05) is 18.2 Å². The second kappa shape index (κ2) is 6.36. The van der Waals surface area contributed by atoms with Crippen LogP contribution in [0.25, 0.3) is 11.0 Å². The molecule has 1 aliphatic rings. The summed E-state index contributed by atoms with van der Waals surface area (Å²) in [4.78, 5) is 7.25. The fourth-order valence-corrected chi connectivity index (χ4v) is 3.70. The van der Waals surface area contributed by atoms with Crippen LogP contribution in [0.3, 0.4) is 0 Å². The summed E-state index contributed by atoms with van der Waals surface area (Å²) < 4.78 is 15.3. The number of fused-ring (bicyclic) bond motifs is 1. The van der Waals surface area contributed by atoms with Gasteiger partial charge in [-0.2, -0.15) is 0 Å². The van der Waals surface area contributed by atoms with Crippen molar-refractivity contribution in [1.29, 1.82) is 0 Å². The van der Waals surface area contributed by atoms with E-state index in [1.165, 1.54) is 11.1 Å². The van der Waals surface area contributed by atoms with Gasteiger partial charge in [0, 0.05) is 7.05 Å². The molecule has 2 aromatic carbocycles. The number of para-hydroxylation sites is 2. The Labute approximate surface area is 141 Å². The molecule has 0 N–H and O–H groups in total. The van der Waals surface area contributed by atoms with Gasteiger partial charge in [-0.3, -0.25) is 4.90 Å². The van der Waals surface area contributed by atoms with Gasteiger partial charge in [-0.25, -0.2) is 9.37 Å². The standard InChI is InChI=1S/C20H22FN3/c1-23-19-5-3-2-4-18(19)22-20(23)14-24-12-10-16(11-13-24)15-6-8-17(21)9-7-15/h2-9,16H,10-14H2,1H3. The molecule has 2 heterocycles. The zero-order chi connectivity index (χ0) is 16.5. The quantitative estimate of drug-likeness (QED) is 0.724. The van der Waals surface area contributed by atoms with Crippen LogP contribution in [0.1, 0.15) is 30.1 Å². The van der Waals surface area contributed by atoms with Gasteiger partial charge in [0.25, 0.3) is 0 Å². The van der Waals surface area contributed by atoms with E-state index in [4.69, 9.17) is 4.98 Å². The van der Waals surface area contributed by atoms with Crippen molar-refractivity contribution in [2.24, 2.45) is 7.05 Å². The van der Waals surface area contributed by atoms with Gasteiger partial charge in [-0.15, -0.1) is 0 Å². The molecule has 0 radical (unpaired) electrons. The first-order valence-electron chi connectivity index (χ1n) is 8.59. The minimum Gasteiger partial charge on any atom is -0.330 e. The number of halogens is 1. The number of rotatable bonds is 3. The van der Waals surface area contributed by atoms with Crippen LogP contribution in [0.5, 0.6) is 0 Å². The molecule has 0 amide bonds. The average molecular weight is 323 g/mol. The maximum atomic E-state index is 13.1. The summed E-state index contributed by atoms with van der Waals surface area (Å²) in [7, 11) is 2.09. The highest BCUT2D eigenvalue weighted by atomic mass is 19.1. The first kappa shape index (κ1) is 15.3. The minimum absolute atomic E-state index is 0.155. The zero-order valence-electron chi connectivity index (χ0n) is 14.0. The van der Waals surface area contributed by atoms with Crippen molar-refractivity contribution in [3.8, 4) is 0 Å². The Hall–Kier alpha value is -2.20. The molecule has 0 aliphatic carbocycles. The Morgan fingerprint density at radius 3 is 2.46 bits per heavy atom. The number of piperidine rings is 1. The number of aromatic nitrogens is 2. The monoisotopic (exact) mass is 323 g/mol. The third kappa shape index (κ3) is 2.94. The molecule has 1 aliphatic heterocycles. The number of imidazole rings is 1. The molecule has 0 spiro atoms. The fraction of sp³-hybridized carbons (Fsp3) is 0.350. The van der Waals surface area contributed by atoms with Crippen molar-refractivity contribution in [1.82, 2.24) is 14.5 Å². The summed E-state index contributed by atoms with van der Waals surface area (Å²) in [5, 5.41) is 0. The molecule has 1 fully saturated rings. The molecule has 3 nitrogen and oxygen atoms in total. The molecular weight excluding hydrogens is 301 g/mol. The second-order valence-electron chi connectivity index (χ2n) is 6.68. The summed E-state index contributed by atoms with van der Waals surface area (Å²) in [5.41, 5.74) is 3.52. The van der Waals surface area contributed by atoms with Gasteiger partial charge in [-0.05, 0) is 61.7 Å². The first-order valence-corrected chi connectivity index (χ1v) is 8.59. The van der Waals surface area contributed by atoms with Crippen LogP contribution in [0.2, 0.25) is 0 Å². The van der Waals surface area contributed by atoms with Gasteiger partial charge in [-0.1, -0.05) is 24.3 Å². The third-order valence-corrected chi connectivity index (χ3v) is 5.17. The highest BCUT2D eigenvalue weighted by Gasteiger charge is 2.22. The lowest BCUT2D eigenvalue weighted by Crippen LogP contribution is -2.33. The number of nitrogens with zero attached hydrogens (tertiary/aromatic N) is 3. The van der Waals surface area contributed by atoms with E-state index in [0.717, 1.165) is 43.8 Å². The van der Waals surface area contributed by atoms with Gasteiger partial charge in [0.1, 0.15) is 11.6 Å². The average Bonchev–Trinajstić information content (AvgIpc) is 2.93. The number of likely N-dealkylation sites (tertiary alicyclic amines) is 1. The summed E-state index contributed by atoms with van der Waals surface area (Å²) in [5.74, 6) is 1.51. The summed E-state index contributed by atoms with van der Waals surface area (Å²) >= 11 is 0. The van der Waals surface area contributed by atoms with Gasteiger partial charge >= 0.3 is 0 Å². The van der Waals surface area contributed by atoms with Crippen LogP contribution in [0.4, 0.5) is 4.39 Å². The molecule has 1 saturated heterocycles. The van der Waals surface area contributed by atoms with Crippen molar-refractivity contribution in [2.45, 2.75) is 25.3 Å². The first-order chi connectivity index (χ1) is 11.7. The maximum Gasteiger partial charge on any atom is 0.123 e. The Kier molecular flexibility index (Phi) is 4.07. The molecular formula is C20H22FN3. The SMILES string of the molecule is Cn1c(CN2CCC(c3ccc(F)cc3)CC2)nc2ccccc21. The maximum absolute atomic E-state index is 13.1. The molecule has 4 rings (SSSR count). The van der Waals surface area contributed by atoms with Crippen LogP contribution in [-0.2, 0) is 13.6 Å². The topological polar surface area (TPSA) is 21.1 Å². The van der Waals surface area contributed by atoms with E-state index in [2.05, 4.69) is 34.7 Å². The van der Waals surface area contributed by atoms with Gasteiger partial charge in [0.05, 0.1) is 17.6 Å². The highest BCUT2D eigenvalue weighted by Crippen LogP contribution is 2.29.